The van der Waals surface area contributed by atoms with E-state index in [-0.39, 0.29) is 6.03 Å². The van der Waals surface area contributed by atoms with E-state index >= 15 is 0 Å². The Kier molecular flexibility index (Phi) is 6.65. The Morgan fingerprint density at radius 3 is 2.56 bits per heavy atom. The molecule has 138 valence electrons. The largest absolute Gasteiger partial charge is 0.338 e. The van der Waals surface area contributed by atoms with E-state index < -0.39 is 0 Å². The lowest BCUT2D eigenvalue weighted by atomic mass is 10.0. The molecule has 2 heterocycles. The minimum absolute atomic E-state index is 0.109. The highest BCUT2D eigenvalue weighted by Crippen LogP contribution is 2.20. The van der Waals surface area contributed by atoms with Gasteiger partial charge in [-0.2, -0.15) is 11.8 Å². The van der Waals surface area contributed by atoms with Crippen LogP contribution < -0.4 is 5.32 Å². The number of hydrogen-bond donors (Lipinski definition) is 1. The number of hydrogen-bond acceptors (Lipinski definition) is 3. The molecule has 4 nitrogen and oxygen atoms in total. The molecule has 0 atom stereocenters. The SMILES string of the molecule is Cc1ccc(CCNC(=O)N2CCC(N3CCSCC3)CC2)c(C)c1. The summed E-state index contributed by atoms with van der Waals surface area (Å²) in [7, 11) is 0. The number of urea groups is 1. The number of nitrogens with one attached hydrogen (secondary N) is 1. The number of piperidine rings is 1. The van der Waals surface area contributed by atoms with Gasteiger partial charge in [-0.05, 0) is 44.2 Å². The number of carbonyl (C=O) groups is 1. The second-order valence-corrected chi connectivity index (χ2v) is 8.50. The van der Waals surface area contributed by atoms with Crippen LogP contribution in [0.3, 0.4) is 0 Å². The number of amides is 2. The van der Waals surface area contributed by atoms with Gasteiger partial charge in [0.25, 0.3) is 0 Å². The van der Waals surface area contributed by atoms with Gasteiger partial charge < -0.3 is 10.2 Å². The van der Waals surface area contributed by atoms with Crippen LogP contribution >= 0.6 is 11.8 Å². The molecule has 1 aromatic rings. The molecule has 0 aliphatic carbocycles. The maximum atomic E-state index is 12.4. The summed E-state index contributed by atoms with van der Waals surface area (Å²) in [6.07, 6.45) is 3.14. The van der Waals surface area contributed by atoms with Crippen LogP contribution in [-0.4, -0.2) is 66.1 Å². The van der Waals surface area contributed by atoms with Crippen molar-refractivity contribution in [3.05, 3.63) is 34.9 Å². The van der Waals surface area contributed by atoms with Gasteiger partial charge in [-0.25, -0.2) is 4.79 Å². The van der Waals surface area contributed by atoms with Gasteiger partial charge in [0.05, 0.1) is 0 Å². The molecule has 5 heteroatoms. The molecule has 1 N–H and O–H groups in total. The van der Waals surface area contributed by atoms with Gasteiger partial charge in [-0.15, -0.1) is 0 Å². The third-order valence-corrected chi connectivity index (χ3v) is 6.42. The lowest BCUT2D eigenvalue weighted by Gasteiger charge is -2.40. The predicted octanol–water partition coefficient (Wildman–Crippen LogP) is 3.07. The lowest BCUT2D eigenvalue weighted by Crippen LogP contribution is -2.51. The standard InChI is InChI=1S/C20H31N3OS/c1-16-3-4-18(17(2)15-16)5-8-21-20(24)23-9-6-19(7-10-23)22-11-13-25-14-12-22/h3-4,15,19H,5-14H2,1-2H3,(H,21,24). The first-order valence-electron chi connectivity index (χ1n) is 9.54. The van der Waals surface area contributed by atoms with Crippen LogP contribution in [0.15, 0.2) is 18.2 Å². The number of benzene rings is 1. The van der Waals surface area contributed by atoms with Crippen molar-refractivity contribution in [1.82, 2.24) is 15.1 Å². The monoisotopic (exact) mass is 361 g/mol. The zero-order valence-corrected chi connectivity index (χ0v) is 16.4. The molecule has 2 saturated heterocycles. The summed E-state index contributed by atoms with van der Waals surface area (Å²) >= 11 is 2.06. The summed E-state index contributed by atoms with van der Waals surface area (Å²) in [4.78, 5) is 17.0. The molecule has 0 saturated carbocycles. The number of rotatable bonds is 4. The number of nitrogens with zero attached hydrogens (tertiary/aromatic N) is 2. The Morgan fingerprint density at radius 2 is 1.88 bits per heavy atom. The fourth-order valence-electron chi connectivity index (χ4n) is 3.92. The first kappa shape index (κ1) is 18.6. The van der Waals surface area contributed by atoms with Crippen molar-refractivity contribution >= 4 is 17.8 Å². The van der Waals surface area contributed by atoms with Gasteiger partial charge in [0.2, 0.25) is 0 Å². The molecule has 2 fully saturated rings. The first-order valence-corrected chi connectivity index (χ1v) is 10.7. The van der Waals surface area contributed by atoms with Crippen LogP contribution in [0.4, 0.5) is 4.79 Å². The summed E-state index contributed by atoms with van der Waals surface area (Å²) in [5, 5.41) is 3.11. The Hall–Kier alpha value is -1.20. The minimum atomic E-state index is 0.109. The van der Waals surface area contributed by atoms with Crippen molar-refractivity contribution in [2.24, 2.45) is 0 Å². The van der Waals surface area contributed by atoms with Crippen molar-refractivity contribution in [3.63, 3.8) is 0 Å². The molecule has 0 aromatic heterocycles. The van der Waals surface area contributed by atoms with E-state index in [2.05, 4.69) is 54.0 Å². The molecule has 2 aliphatic rings. The smallest absolute Gasteiger partial charge is 0.317 e. The maximum absolute atomic E-state index is 12.4. The average molecular weight is 362 g/mol. The third-order valence-electron chi connectivity index (χ3n) is 5.48. The van der Waals surface area contributed by atoms with Gasteiger partial charge in [0.15, 0.2) is 0 Å². The van der Waals surface area contributed by atoms with Gasteiger partial charge in [0.1, 0.15) is 0 Å². The Morgan fingerprint density at radius 1 is 1.16 bits per heavy atom. The normalized spacial score (nSPS) is 19.8. The lowest BCUT2D eigenvalue weighted by molar-refractivity contribution is 0.124. The van der Waals surface area contributed by atoms with Crippen LogP contribution in [0.5, 0.6) is 0 Å². The summed E-state index contributed by atoms with van der Waals surface area (Å²) in [5.74, 6) is 2.53. The highest BCUT2D eigenvalue weighted by atomic mass is 32.2. The van der Waals surface area contributed by atoms with E-state index in [1.807, 2.05) is 4.90 Å². The fourth-order valence-corrected chi connectivity index (χ4v) is 4.85. The number of aryl methyl sites for hydroxylation is 2. The van der Waals surface area contributed by atoms with Crippen LogP contribution in [0, 0.1) is 13.8 Å². The van der Waals surface area contributed by atoms with Crippen molar-refractivity contribution in [1.29, 1.82) is 0 Å². The topological polar surface area (TPSA) is 35.6 Å². The average Bonchev–Trinajstić information content (AvgIpc) is 2.64. The summed E-state index contributed by atoms with van der Waals surface area (Å²) in [5.41, 5.74) is 3.93. The van der Waals surface area contributed by atoms with Gasteiger partial charge in [-0.1, -0.05) is 23.8 Å². The molecule has 2 amide bonds. The predicted molar refractivity (Wildman–Crippen MR) is 107 cm³/mol. The Balaban J connectivity index is 1.39. The molecule has 0 bridgehead atoms. The molecule has 0 radical (unpaired) electrons. The second kappa shape index (κ2) is 8.95. The number of carbonyl (C=O) groups excluding carboxylic acids is 1. The van der Waals surface area contributed by atoms with E-state index in [0.29, 0.717) is 12.6 Å². The zero-order valence-electron chi connectivity index (χ0n) is 15.6. The van der Waals surface area contributed by atoms with Gasteiger partial charge in [0, 0.05) is 50.3 Å². The third kappa shape index (κ3) is 5.14. The highest BCUT2D eigenvalue weighted by Gasteiger charge is 2.27. The molecule has 2 aliphatic heterocycles. The summed E-state index contributed by atoms with van der Waals surface area (Å²) in [6.45, 7) is 9.20. The Bertz CT molecular complexity index is 578. The number of thioether (sulfide) groups is 1. The maximum Gasteiger partial charge on any atom is 0.317 e. The highest BCUT2D eigenvalue weighted by molar-refractivity contribution is 7.99. The van der Waals surface area contributed by atoms with Crippen molar-refractivity contribution in [2.75, 3.05) is 44.2 Å². The minimum Gasteiger partial charge on any atom is -0.338 e. The van der Waals surface area contributed by atoms with Crippen molar-refractivity contribution in [2.45, 2.75) is 39.2 Å². The van der Waals surface area contributed by atoms with Gasteiger partial charge in [-0.3, -0.25) is 4.90 Å². The van der Waals surface area contributed by atoms with Crippen LogP contribution in [0.25, 0.3) is 0 Å². The van der Waals surface area contributed by atoms with E-state index in [1.165, 1.54) is 41.3 Å². The molecular weight excluding hydrogens is 330 g/mol. The molecule has 0 unspecified atom stereocenters. The van der Waals surface area contributed by atoms with Gasteiger partial charge >= 0.3 is 6.03 Å². The molecular formula is C20H31N3OS. The zero-order chi connectivity index (χ0) is 17.6. The Labute approximate surface area is 156 Å². The van der Waals surface area contributed by atoms with Crippen molar-refractivity contribution in [3.8, 4) is 0 Å². The number of likely N-dealkylation sites (tertiary alicyclic amines) is 1. The van der Waals surface area contributed by atoms with E-state index in [4.69, 9.17) is 0 Å². The first-order chi connectivity index (χ1) is 12.1. The van der Waals surface area contributed by atoms with E-state index in [0.717, 1.165) is 32.4 Å². The quantitative estimate of drug-likeness (QED) is 0.895. The second-order valence-electron chi connectivity index (χ2n) is 7.28. The van der Waals surface area contributed by atoms with Crippen molar-refractivity contribution < 1.29 is 4.79 Å². The summed E-state index contributed by atoms with van der Waals surface area (Å²) < 4.78 is 0. The van der Waals surface area contributed by atoms with Crippen LogP contribution in [0.2, 0.25) is 0 Å². The van der Waals surface area contributed by atoms with E-state index in [1.54, 1.807) is 0 Å². The summed E-state index contributed by atoms with van der Waals surface area (Å²) in [6, 6.07) is 7.33. The van der Waals surface area contributed by atoms with Crippen LogP contribution in [0.1, 0.15) is 29.5 Å². The molecule has 25 heavy (non-hydrogen) atoms. The molecule has 0 spiro atoms. The van der Waals surface area contributed by atoms with E-state index in [9.17, 15) is 4.79 Å². The fraction of sp³-hybridized carbons (Fsp3) is 0.650. The molecule has 1 aromatic carbocycles. The van der Waals surface area contributed by atoms with Crippen LogP contribution in [-0.2, 0) is 6.42 Å². The molecule has 3 rings (SSSR count).